The molecule has 0 unspecified atom stereocenters. The largest absolute Gasteiger partial charge is 0.512 e. The Morgan fingerprint density at radius 3 is 2.36 bits per heavy atom. The maximum Gasteiger partial charge on any atom is 0.155 e. The summed E-state index contributed by atoms with van der Waals surface area (Å²) in [4.78, 5) is 14.8. The molecule has 4 aromatic carbocycles. The number of ketones is 1. The van der Waals surface area contributed by atoms with Crippen LogP contribution in [0, 0.1) is 13.0 Å². The minimum absolute atomic E-state index is 0. The number of hydrogen-bond donors (Lipinski definition) is 1. The van der Waals surface area contributed by atoms with Crippen LogP contribution in [0.4, 0.5) is 0 Å². The summed E-state index contributed by atoms with van der Waals surface area (Å²) in [5, 5.41) is 15.5. The summed E-state index contributed by atoms with van der Waals surface area (Å²) >= 11 is 0. The van der Waals surface area contributed by atoms with Gasteiger partial charge in [0, 0.05) is 48.8 Å². The summed E-state index contributed by atoms with van der Waals surface area (Å²) in [5.74, 6) is 0.311. The summed E-state index contributed by atoms with van der Waals surface area (Å²) in [6, 6.07) is 27.2. The zero-order chi connectivity index (χ0) is 27.0. The minimum atomic E-state index is -0.125. The first-order valence-corrected chi connectivity index (χ1v) is 12.8. The molecule has 0 saturated carbocycles. The second kappa shape index (κ2) is 11.5. The Morgan fingerprint density at radius 2 is 1.67 bits per heavy atom. The molecule has 0 bridgehead atoms. The Morgan fingerprint density at radius 1 is 0.949 bits per heavy atom. The third-order valence-corrected chi connectivity index (χ3v) is 6.69. The number of fused-ring (bicyclic) bond motifs is 6. The van der Waals surface area contributed by atoms with Crippen molar-refractivity contribution in [2.75, 3.05) is 0 Å². The predicted molar refractivity (Wildman–Crippen MR) is 157 cm³/mol. The molecule has 2 heterocycles. The second-order valence-corrected chi connectivity index (χ2v) is 9.99. The Balaban J connectivity index is 0.000000394. The molecule has 39 heavy (non-hydrogen) atoms. The summed E-state index contributed by atoms with van der Waals surface area (Å²) in [6.07, 6.45) is 3.04. The van der Waals surface area contributed by atoms with E-state index in [1.165, 1.54) is 41.6 Å². The third kappa shape index (κ3) is 5.52. The third-order valence-electron chi connectivity index (χ3n) is 6.69. The quantitative estimate of drug-likeness (QED) is 0.0870. The zero-order valence-corrected chi connectivity index (χ0v) is 25.0. The normalized spacial score (nSPS) is 11.6. The number of carbonyl (C=O) groups is 1. The summed E-state index contributed by atoms with van der Waals surface area (Å²) in [5.41, 5.74) is 6.04. The van der Waals surface area contributed by atoms with E-state index in [0.717, 1.165) is 44.1 Å². The number of carbonyl (C=O) groups excluding carboxylic acids is 1. The number of aromatic nitrogens is 1. The van der Waals surface area contributed by atoms with Gasteiger partial charge in [-0.15, -0.1) is 29.1 Å². The van der Waals surface area contributed by atoms with Gasteiger partial charge in [0.2, 0.25) is 0 Å². The van der Waals surface area contributed by atoms with E-state index in [4.69, 9.17) is 14.5 Å². The van der Waals surface area contributed by atoms with Crippen LogP contribution in [0.15, 0.2) is 89.2 Å². The van der Waals surface area contributed by atoms with Gasteiger partial charge in [-0.25, -0.2) is 0 Å². The number of furan rings is 1. The number of rotatable bonds is 3. The number of pyridine rings is 1. The van der Waals surface area contributed by atoms with Crippen molar-refractivity contribution in [3.05, 3.63) is 102 Å². The molecular weight excluding hydrogens is 663 g/mol. The summed E-state index contributed by atoms with van der Waals surface area (Å²) in [7, 11) is 0. The molecule has 0 aliphatic rings. The van der Waals surface area contributed by atoms with Crippen LogP contribution in [0.3, 0.4) is 0 Å². The Kier molecular flexibility index (Phi) is 8.34. The number of para-hydroxylation sites is 1. The van der Waals surface area contributed by atoms with Crippen molar-refractivity contribution in [3.8, 4) is 11.3 Å². The van der Waals surface area contributed by atoms with Gasteiger partial charge in [0.25, 0.3) is 0 Å². The molecule has 0 saturated heterocycles. The maximum atomic E-state index is 10.0. The van der Waals surface area contributed by atoms with Crippen molar-refractivity contribution in [2.24, 2.45) is 0 Å². The van der Waals surface area contributed by atoms with Crippen molar-refractivity contribution in [1.82, 2.24) is 4.98 Å². The van der Waals surface area contributed by atoms with Gasteiger partial charge >= 0.3 is 0 Å². The van der Waals surface area contributed by atoms with Crippen molar-refractivity contribution in [3.63, 3.8) is 0 Å². The van der Waals surface area contributed by atoms with Crippen LogP contribution in [-0.4, -0.2) is 15.9 Å². The SMILES string of the molecule is CC(=O)/C=C(/C)O.Cc1cccc2c1oc1c(-c3[c-]c4ccc5ccccc5c4c(C(C)C)c3)nccc12.[Ir]. The van der Waals surface area contributed by atoms with Crippen LogP contribution < -0.4 is 0 Å². The maximum absolute atomic E-state index is 10.0. The Hall–Kier alpha value is -3.79. The average molecular weight is 693 g/mol. The fourth-order valence-corrected chi connectivity index (χ4v) is 5.03. The van der Waals surface area contributed by atoms with Gasteiger partial charge in [0.1, 0.15) is 11.2 Å². The van der Waals surface area contributed by atoms with E-state index >= 15 is 0 Å². The van der Waals surface area contributed by atoms with E-state index in [0.29, 0.717) is 5.92 Å². The van der Waals surface area contributed by atoms with E-state index < -0.39 is 0 Å². The molecule has 199 valence electrons. The van der Waals surface area contributed by atoms with Crippen LogP contribution in [-0.2, 0) is 24.9 Å². The Bertz CT molecular complexity index is 1860. The fourth-order valence-electron chi connectivity index (χ4n) is 5.03. The molecule has 0 fully saturated rings. The molecule has 6 aromatic rings. The molecule has 1 radical (unpaired) electrons. The molecule has 4 nitrogen and oxygen atoms in total. The summed E-state index contributed by atoms with van der Waals surface area (Å²) < 4.78 is 6.37. The fraction of sp³-hybridized carbons (Fsp3) is 0.176. The van der Waals surface area contributed by atoms with Gasteiger partial charge in [-0.1, -0.05) is 73.3 Å². The standard InChI is InChI=1S/C29H22NO.C5H8O2.Ir/c1-17(2)25-16-21(15-20-12-11-19-8-4-5-9-22(19)26(20)25)27-29-24(13-14-30-27)23-10-6-7-18(3)28(23)31-29;1-4(6)3-5(2)7;/h4-14,16-17H,1-3H3;3,6H,1-2H3;/q-1;;/b;4-3-;. The summed E-state index contributed by atoms with van der Waals surface area (Å²) in [6.45, 7) is 9.43. The van der Waals surface area contributed by atoms with E-state index in [1.807, 2.05) is 12.3 Å². The number of nitrogens with zero attached hydrogens (tertiary/aromatic N) is 1. The Labute approximate surface area is 241 Å². The molecule has 1 N–H and O–H groups in total. The van der Waals surface area contributed by atoms with E-state index in [1.54, 1.807) is 0 Å². The van der Waals surface area contributed by atoms with E-state index in [-0.39, 0.29) is 31.6 Å². The average Bonchev–Trinajstić information content (AvgIpc) is 3.28. The molecule has 0 aliphatic heterocycles. The molecular formula is C34H30IrNO3-. The molecule has 0 amide bonds. The van der Waals surface area contributed by atoms with Crippen molar-refractivity contribution < 1.29 is 34.4 Å². The van der Waals surface area contributed by atoms with E-state index in [2.05, 4.69) is 87.5 Å². The van der Waals surface area contributed by atoms with Crippen molar-refractivity contribution >= 4 is 49.3 Å². The monoisotopic (exact) mass is 693 g/mol. The van der Waals surface area contributed by atoms with Gasteiger partial charge in [-0.05, 0) is 49.1 Å². The molecule has 0 atom stereocenters. The molecule has 5 heteroatoms. The molecule has 2 aromatic heterocycles. The van der Waals surface area contributed by atoms with Crippen LogP contribution in [0.2, 0.25) is 0 Å². The number of aliphatic hydroxyl groups is 1. The van der Waals surface area contributed by atoms with Crippen molar-refractivity contribution in [2.45, 2.75) is 40.5 Å². The molecule has 6 rings (SSSR count). The topological polar surface area (TPSA) is 63.3 Å². The minimum Gasteiger partial charge on any atom is -0.512 e. The van der Waals surface area contributed by atoms with Gasteiger partial charge in [-0.2, -0.15) is 0 Å². The van der Waals surface area contributed by atoms with Crippen molar-refractivity contribution in [1.29, 1.82) is 0 Å². The number of aliphatic hydroxyl groups excluding tert-OH is 1. The van der Waals surface area contributed by atoms with Crippen LogP contribution in [0.1, 0.15) is 44.7 Å². The van der Waals surface area contributed by atoms with Gasteiger partial charge in [-0.3, -0.25) is 9.78 Å². The van der Waals surface area contributed by atoms with Crippen LogP contribution in [0.5, 0.6) is 0 Å². The smallest absolute Gasteiger partial charge is 0.155 e. The first kappa shape index (κ1) is 28.2. The van der Waals surface area contributed by atoms with Gasteiger partial charge in [0.15, 0.2) is 5.78 Å². The second-order valence-electron chi connectivity index (χ2n) is 9.99. The van der Waals surface area contributed by atoms with Gasteiger partial charge in [0.05, 0.1) is 5.76 Å². The predicted octanol–water partition coefficient (Wildman–Crippen LogP) is 9.22. The molecule has 0 aliphatic carbocycles. The molecule has 0 spiro atoms. The first-order valence-electron chi connectivity index (χ1n) is 12.8. The number of aryl methyl sites for hydroxylation is 1. The first-order chi connectivity index (χ1) is 18.2. The zero-order valence-electron chi connectivity index (χ0n) is 22.6. The number of benzene rings is 4. The van der Waals surface area contributed by atoms with Crippen LogP contribution >= 0.6 is 0 Å². The van der Waals surface area contributed by atoms with Gasteiger partial charge < -0.3 is 9.52 Å². The number of hydrogen-bond acceptors (Lipinski definition) is 4. The number of allylic oxidation sites excluding steroid dienone is 2. The van der Waals surface area contributed by atoms with Crippen LogP contribution in [0.25, 0.3) is 54.7 Å². The van der Waals surface area contributed by atoms with E-state index in [9.17, 15) is 4.79 Å².